The van der Waals surface area contributed by atoms with Gasteiger partial charge in [-0.2, -0.15) is 5.10 Å². The van der Waals surface area contributed by atoms with Crippen LogP contribution in [0, 0.1) is 5.92 Å². The average Bonchev–Trinajstić information content (AvgIpc) is 2.97. The zero-order chi connectivity index (χ0) is 18.5. The van der Waals surface area contributed by atoms with Crippen LogP contribution in [-0.2, 0) is 26.3 Å². The van der Waals surface area contributed by atoms with Crippen molar-refractivity contribution in [3.63, 3.8) is 0 Å². The fraction of sp³-hybridized carbons (Fsp3) is 0.524. The highest BCUT2D eigenvalue weighted by Crippen LogP contribution is 2.24. The number of aryl methyl sites for hydroxylation is 1. The SMILES string of the molecule is CC(C)CN[C@@H]1CCc2c(c(C(=O)NCCc3ccccc3)nn2C)C1. The van der Waals surface area contributed by atoms with Gasteiger partial charge in [0, 0.05) is 30.9 Å². The molecule has 1 aromatic carbocycles. The molecule has 3 rings (SSSR count). The number of benzene rings is 1. The van der Waals surface area contributed by atoms with Crippen LogP contribution in [0.2, 0.25) is 0 Å². The van der Waals surface area contributed by atoms with Crippen LogP contribution < -0.4 is 10.6 Å². The summed E-state index contributed by atoms with van der Waals surface area (Å²) in [5.41, 5.74) is 4.17. The Morgan fingerprint density at radius 3 is 2.81 bits per heavy atom. The molecule has 1 aliphatic carbocycles. The third-order valence-corrected chi connectivity index (χ3v) is 5.03. The van der Waals surface area contributed by atoms with Crippen LogP contribution in [0.5, 0.6) is 0 Å². The van der Waals surface area contributed by atoms with Crippen LogP contribution in [0.3, 0.4) is 0 Å². The maximum Gasteiger partial charge on any atom is 0.272 e. The van der Waals surface area contributed by atoms with Crippen molar-refractivity contribution in [2.24, 2.45) is 13.0 Å². The molecule has 1 aliphatic rings. The molecule has 0 saturated carbocycles. The lowest BCUT2D eigenvalue weighted by Gasteiger charge is -2.25. The molecule has 26 heavy (non-hydrogen) atoms. The minimum absolute atomic E-state index is 0.0534. The molecule has 0 spiro atoms. The monoisotopic (exact) mass is 354 g/mol. The van der Waals surface area contributed by atoms with Gasteiger partial charge >= 0.3 is 0 Å². The van der Waals surface area contributed by atoms with Crippen molar-refractivity contribution in [1.29, 1.82) is 0 Å². The van der Waals surface area contributed by atoms with Crippen LogP contribution in [0.1, 0.15) is 47.6 Å². The number of aromatic nitrogens is 2. The molecule has 5 heteroatoms. The molecule has 1 heterocycles. The van der Waals surface area contributed by atoms with E-state index in [0.29, 0.717) is 24.2 Å². The van der Waals surface area contributed by atoms with Crippen LogP contribution in [-0.4, -0.2) is 34.8 Å². The van der Waals surface area contributed by atoms with Crippen LogP contribution in [0.15, 0.2) is 30.3 Å². The van der Waals surface area contributed by atoms with E-state index in [2.05, 4.69) is 41.7 Å². The van der Waals surface area contributed by atoms with Gasteiger partial charge < -0.3 is 10.6 Å². The second-order valence-corrected chi connectivity index (χ2v) is 7.63. The third kappa shape index (κ3) is 4.52. The maximum absolute atomic E-state index is 12.7. The predicted molar refractivity (Wildman–Crippen MR) is 104 cm³/mol. The summed E-state index contributed by atoms with van der Waals surface area (Å²) >= 11 is 0. The van der Waals surface area contributed by atoms with Crippen molar-refractivity contribution in [3.05, 3.63) is 52.8 Å². The van der Waals surface area contributed by atoms with Gasteiger partial charge in [0.25, 0.3) is 5.91 Å². The van der Waals surface area contributed by atoms with E-state index in [1.54, 1.807) is 0 Å². The van der Waals surface area contributed by atoms with E-state index in [4.69, 9.17) is 0 Å². The van der Waals surface area contributed by atoms with Gasteiger partial charge in [0.1, 0.15) is 0 Å². The Morgan fingerprint density at radius 2 is 2.08 bits per heavy atom. The fourth-order valence-electron chi connectivity index (χ4n) is 3.60. The van der Waals surface area contributed by atoms with Crippen molar-refractivity contribution >= 4 is 5.91 Å². The highest BCUT2D eigenvalue weighted by molar-refractivity contribution is 5.94. The van der Waals surface area contributed by atoms with E-state index < -0.39 is 0 Å². The maximum atomic E-state index is 12.7. The molecule has 1 amide bonds. The molecule has 2 N–H and O–H groups in total. The number of rotatable bonds is 7. The Hall–Kier alpha value is -2.14. The molecule has 1 atom stereocenters. The Bertz CT molecular complexity index is 736. The first-order valence-electron chi connectivity index (χ1n) is 9.65. The normalized spacial score (nSPS) is 16.5. The van der Waals surface area contributed by atoms with Crippen LogP contribution in [0.4, 0.5) is 0 Å². The molecule has 2 aromatic rings. The number of nitrogens with zero attached hydrogens (tertiary/aromatic N) is 2. The number of hydrogen-bond donors (Lipinski definition) is 2. The minimum atomic E-state index is -0.0534. The number of hydrogen-bond acceptors (Lipinski definition) is 3. The second-order valence-electron chi connectivity index (χ2n) is 7.63. The van der Waals surface area contributed by atoms with E-state index in [1.165, 1.54) is 11.3 Å². The summed E-state index contributed by atoms with van der Waals surface area (Å²) in [6.07, 6.45) is 3.80. The van der Waals surface area contributed by atoms with Gasteiger partial charge in [0.15, 0.2) is 5.69 Å². The van der Waals surface area contributed by atoms with Crippen molar-refractivity contribution < 1.29 is 4.79 Å². The predicted octanol–water partition coefficient (Wildman–Crippen LogP) is 2.50. The summed E-state index contributed by atoms with van der Waals surface area (Å²) in [6.45, 7) is 6.08. The molecule has 0 unspecified atom stereocenters. The van der Waals surface area contributed by atoms with E-state index in [-0.39, 0.29) is 5.91 Å². The molecule has 0 saturated heterocycles. The van der Waals surface area contributed by atoms with Crippen molar-refractivity contribution in [2.75, 3.05) is 13.1 Å². The molecular weight excluding hydrogens is 324 g/mol. The van der Waals surface area contributed by atoms with E-state index >= 15 is 0 Å². The highest BCUT2D eigenvalue weighted by Gasteiger charge is 2.28. The Balaban J connectivity index is 1.62. The summed E-state index contributed by atoms with van der Waals surface area (Å²) in [4.78, 5) is 12.7. The first-order valence-corrected chi connectivity index (χ1v) is 9.65. The van der Waals surface area contributed by atoms with Gasteiger partial charge in [-0.15, -0.1) is 0 Å². The van der Waals surface area contributed by atoms with Crippen LogP contribution in [0.25, 0.3) is 0 Å². The highest BCUT2D eigenvalue weighted by atomic mass is 16.1. The summed E-state index contributed by atoms with van der Waals surface area (Å²) in [5.74, 6) is 0.577. The van der Waals surface area contributed by atoms with Gasteiger partial charge in [0.05, 0.1) is 0 Å². The van der Waals surface area contributed by atoms with Gasteiger partial charge in [-0.25, -0.2) is 0 Å². The second kappa shape index (κ2) is 8.49. The van der Waals surface area contributed by atoms with Gasteiger partial charge in [-0.3, -0.25) is 9.48 Å². The molecule has 0 bridgehead atoms. The first-order chi connectivity index (χ1) is 12.5. The largest absolute Gasteiger partial charge is 0.350 e. The molecular formula is C21H30N4O. The molecule has 5 nitrogen and oxygen atoms in total. The quantitative estimate of drug-likeness (QED) is 0.803. The number of fused-ring (bicyclic) bond motifs is 1. The number of nitrogens with one attached hydrogen (secondary N) is 2. The molecule has 0 aliphatic heterocycles. The Labute approximate surface area is 156 Å². The number of carbonyl (C=O) groups is 1. The summed E-state index contributed by atoms with van der Waals surface area (Å²) in [6, 6.07) is 10.7. The molecule has 0 radical (unpaired) electrons. The zero-order valence-corrected chi connectivity index (χ0v) is 16.1. The molecule has 1 aromatic heterocycles. The lowest BCUT2D eigenvalue weighted by Crippen LogP contribution is -2.37. The molecule has 140 valence electrons. The van der Waals surface area contributed by atoms with Gasteiger partial charge in [0.2, 0.25) is 0 Å². The smallest absolute Gasteiger partial charge is 0.272 e. The van der Waals surface area contributed by atoms with Crippen molar-refractivity contribution in [3.8, 4) is 0 Å². The lowest BCUT2D eigenvalue weighted by atomic mass is 9.91. The van der Waals surface area contributed by atoms with Crippen molar-refractivity contribution in [1.82, 2.24) is 20.4 Å². The number of carbonyl (C=O) groups excluding carboxylic acids is 1. The first kappa shape index (κ1) is 18.6. The minimum Gasteiger partial charge on any atom is -0.350 e. The number of amides is 1. The van der Waals surface area contributed by atoms with Crippen LogP contribution >= 0.6 is 0 Å². The summed E-state index contributed by atoms with van der Waals surface area (Å²) in [7, 11) is 1.95. The van der Waals surface area contributed by atoms with E-state index in [9.17, 15) is 4.79 Å². The standard InChI is InChI=1S/C21H30N4O/c1-15(2)14-23-17-9-10-19-18(13-17)20(24-25(19)3)21(26)22-12-11-16-7-5-4-6-8-16/h4-8,15,17,23H,9-14H2,1-3H3,(H,22,26)/t17-/m1/s1. The topological polar surface area (TPSA) is 59.0 Å². The molecule has 0 fully saturated rings. The van der Waals surface area contributed by atoms with E-state index in [1.807, 2.05) is 29.9 Å². The summed E-state index contributed by atoms with van der Waals surface area (Å²) < 4.78 is 1.89. The third-order valence-electron chi connectivity index (χ3n) is 5.03. The fourth-order valence-corrected chi connectivity index (χ4v) is 3.60. The Morgan fingerprint density at radius 1 is 1.31 bits per heavy atom. The Kier molecular flexibility index (Phi) is 6.09. The zero-order valence-electron chi connectivity index (χ0n) is 16.1. The lowest BCUT2D eigenvalue weighted by molar-refractivity contribution is 0.0947. The average molecular weight is 354 g/mol. The van der Waals surface area contributed by atoms with E-state index in [0.717, 1.165) is 37.8 Å². The summed E-state index contributed by atoms with van der Waals surface area (Å²) in [5, 5.41) is 11.2. The van der Waals surface area contributed by atoms with Gasteiger partial charge in [-0.1, -0.05) is 44.2 Å². The van der Waals surface area contributed by atoms with Crippen molar-refractivity contribution in [2.45, 2.75) is 45.6 Å². The van der Waals surface area contributed by atoms with Gasteiger partial charge in [-0.05, 0) is 43.7 Å².